The fourth-order valence-corrected chi connectivity index (χ4v) is 12.0. The van der Waals surface area contributed by atoms with Crippen LogP contribution >= 0.6 is 7.80 Å². The first kappa shape index (κ1) is 57.5. The maximum Gasteiger partial charge on any atom is 0.329 e. The minimum atomic E-state index is -2.43. The smallest absolute Gasteiger partial charge is 0.329 e. The van der Waals surface area contributed by atoms with E-state index in [4.69, 9.17) is 23.7 Å². The van der Waals surface area contributed by atoms with E-state index in [1.54, 1.807) is 47.7 Å². The lowest BCUT2D eigenvalue weighted by Gasteiger charge is -2.42. The van der Waals surface area contributed by atoms with Crippen molar-refractivity contribution in [3.8, 4) is 0 Å². The number of amides is 1. The fourth-order valence-electron chi connectivity index (χ4n) is 10.8. The number of ketones is 3. The number of aliphatic hydroxyl groups is 2. The number of methoxy groups -OCH3 is 3. The van der Waals surface area contributed by atoms with Crippen LogP contribution in [0.3, 0.4) is 0 Å². The monoisotopic (exact) mass is 974 g/mol. The van der Waals surface area contributed by atoms with Crippen molar-refractivity contribution in [3.05, 3.63) is 47.6 Å². The molecule has 4 unspecified atom stereocenters. The number of esters is 1. The molecular formula is C53H84NO13P. The molecule has 14 nitrogen and oxygen atoms in total. The third-order valence-electron chi connectivity index (χ3n) is 15.2. The molecule has 0 aromatic carbocycles. The highest BCUT2D eigenvalue weighted by atomic mass is 31.1. The van der Waals surface area contributed by atoms with Crippen LogP contribution in [0.1, 0.15) is 126 Å². The van der Waals surface area contributed by atoms with E-state index in [1.807, 2.05) is 58.1 Å². The van der Waals surface area contributed by atoms with Gasteiger partial charge in [-0.15, -0.1) is 0 Å². The summed E-state index contributed by atoms with van der Waals surface area (Å²) in [5.41, 5.74) is 1.27. The van der Waals surface area contributed by atoms with Crippen LogP contribution in [-0.2, 0) is 52.2 Å². The van der Waals surface area contributed by atoms with Crippen molar-refractivity contribution in [1.29, 1.82) is 0 Å². The van der Waals surface area contributed by atoms with E-state index < -0.39 is 85.6 Å². The van der Waals surface area contributed by atoms with Gasteiger partial charge in [-0.2, -0.15) is 0 Å². The molecule has 384 valence electrons. The Balaban J connectivity index is 1.70. The molecule has 15 heteroatoms. The number of aliphatic hydroxyl groups excluding tert-OH is 1. The highest BCUT2D eigenvalue weighted by molar-refractivity contribution is 7.43. The second kappa shape index (κ2) is 26.9. The number of ether oxygens (including phenoxy) is 5. The summed E-state index contributed by atoms with van der Waals surface area (Å²) in [6.45, 7) is 14.6. The molecule has 4 aliphatic rings. The summed E-state index contributed by atoms with van der Waals surface area (Å²) in [7, 11) is 2.94. The van der Waals surface area contributed by atoms with Crippen LogP contribution in [0.5, 0.6) is 0 Å². The Morgan fingerprint density at radius 2 is 1.60 bits per heavy atom. The van der Waals surface area contributed by atoms with Crippen LogP contribution in [0.2, 0.25) is 0 Å². The number of rotatable bonds is 8. The van der Waals surface area contributed by atoms with Crippen molar-refractivity contribution >= 4 is 37.0 Å². The maximum atomic E-state index is 14.5. The Morgan fingerprint density at radius 3 is 2.26 bits per heavy atom. The van der Waals surface area contributed by atoms with Crippen LogP contribution in [0.25, 0.3) is 0 Å². The van der Waals surface area contributed by atoms with Crippen molar-refractivity contribution in [3.63, 3.8) is 0 Å². The standard InChI is InChI=1S/C53H84NO13P/c1-32-17-13-12-14-18-33(2)44(63-8)29-41-23-20-38(7)53(61,67-41)50(58)51(59)54-24-16-15-19-42(54)52(60)66-45(35(4)27-39-21-22-40(31-68(11)62)46(28-39)64-9)30-43(55)34(3)26-37(6)48(57)49(65-10)47(56)36(5)25-32/h12-14,17-18,26,32,34-36,38-42,44-46,48-49,57,61,68H,15-16,19-25,27-31H2,1-11H3/b14-12+,17-13+,33-18+,37-26+/t32-,34-,35-,36-,38-,39+,40?,41?,42?,44+,45+,46-,48-,49+,53-/m1/s1. The van der Waals surface area contributed by atoms with Gasteiger partial charge < -0.3 is 43.4 Å². The molecule has 0 spiro atoms. The van der Waals surface area contributed by atoms with Crippen LogP contribution in [-0.4, -0.2) is 133 Å². The van der Waals surface area contributed by atoms with Gasteiger partial charge in [0, 0.05) is 64.6 Å². The number of carbonyl (C=O) groups excluding carboxylic acids is 5. The molecule has 1 aliphatic carbocycles. The number of hydrogen-bond donors (Lipinski definition) is 2. The average Bonchev–Trinajstić information content (AvgIpc) is 3.30. The van der Waals surface area contributed by atoms with Gasteiger partial charge in [-0.3, -0.25) is 19.2 Å². The van der Waals surface area contributed by atoms with Gasteiger partial charge in [0.15, 0.2) is 5.78 Å². The highest BCUT2D eigenvalue weighted by Crippen LogP contribution is 2.40. The van der Waals surface area contributed by atoms with Gasteiger partial charge in [-0.25, -0.2) is 4.79 Å². The van der Waals surface area contributed by atoms with Gasteiger partial charge in [0.05, 0.1) is 26.1 Å². The molecule has 3 fully saturated rings. The quantitative estimate of drug-likeness (QED) is 0.105. The van der Waals surface area contributed by atoms with Gasteiger partial charge in [-0.1, -0.05) is 71.1 Å². The molecule has 3 aliphatic heterocycles. The molecule has 1 amide bonds. The summed E-state index contributed by atoms with van der Waals surface area (Å²) in [6, 6.07) is -1.14. The van der Waals surface area contributed by atoms with Gasteiger partial charge in [0.25, 0.3) is 11.7 Å². The molecule has 0 radical (unpaired) electrons. The molecular weight excluding hydrogens is 890 g/mol. The Morgan fingerprint density at radius 1 is 0.882 bits per heavy atom. The average molecular weight is 974 g/mol. The van der Waals surface area contributed by atoms with Crippen molar-refractivity contribution in [2.24, 2.45) is 41.4 Å². The number of piperidine rings is 1. The summed E-state index contributed by atoms with van der Waals surface area (Å²) in [5, 5.41) is 23.5. The Labute approximate surface area is 406 Å². The van der Waals surface area contributed by atoms with Gasteiger partial charge in [0.1, 0.15) is 30.1 Å². The molecule has 2 bridgehead atoms. The molecule has 4 rings (SSSR count). The first-order chi connectivity index (χ1) is 32.1. The van der Waals surface area contributed by atoms with E-state index in [2.05, 4.69) is 0 Å². The van der Waals surface area contributed by atoms with Crippen LogP contribution < -0.4 is 0 Å². The number of nitrogens with zero attached hydrogens (tertiary/aromatic N) is 1. The van der Waals surface area contributed by atoms with Gasteiger partial charge in [-0.05, 0) is 120 Å². The molecule has 2 N–H and O–H groups in total. The molecule has 16 atom stereocenters. The lowest BCUT2D eigenvalue weighted by Crippen LogP contribution is -2.61. The highest BCUT2D eigenvalue weighted by Gasteiger charge is 2.53. The largest absolute Gasteiger partial charge is 0.460 e. The molecule has 2 saturated heterocycles. The van der Waals surface area contributed by atoms with E-state index in [-0.39, 0.29) is 60.7 Å². The number of allylic oxidation sites excluding steroid dienone is 6. The second-order valence-corrected chi connectivity index (χ2v) is 22.5. The minimum absolute atomic E-state index is 0.0184. The summed E-state index contributed by atoms with van der Waals surface area (Å²) in [6.07, 6.45) is 13.3. The predicted molar refractivity (Wildman–Crippen MR) is 262 cm³/mol. The second-order valence-electron chi connectivity index (χ2n) is 20.7. The SMILES string of the molecule is CO[C@H]1CC2CC[C@@H](C)[C@@](O)(O2)C(=O)C(=O)N2CCCCC2C(=O)O[C@H]([C@H](C)C[C@@H]2CCC(C[PH](C)=O)[C@H](OC)C2)CC(=O)[C@H](C)/C=C(\C)[C@@H](O)[C@@H](OC)C(=O)[C@H](C)C[C@H](C)/C=C/C=C/C=C/1C. The summed E-state index contributed by atoms with van der Waals surface area (Å²) in [4.78, 5) is 72.2. The first-order valence-corrected chi connectivity index (χ1v) is 27.2. The van der Waals surface area contributed by atoms with E-state index in [9.17, 15) is 38.8 Å². The molecule has 3 heterocycles. The summed E-state index contributed by atoms with van der Waals surface area (Å²) in [5.74, 6) is -7.65. The third-order valence-corrected chi connectivity index (χ3v) is 16.3. The zero-order valence-corrected chi connectivity index (χ0v) is 43.8. The number of carbonyl (C=O) groups is 5. The van der Waals surface area contributed by atoms with Crippen molar-refractivity contribution in [2.45, 2.75) is 174 Å². The van der Waals surface area contributed by atoms with Gasteiger partial charge >= 0.3 is 5.97 Å². The summed E-state index contributed by atoms with van der Waals surface area (Å²) >= 11 is 0. The van der Waals surface area contributed by atoms with Crippen LogP contribution in [0.4, 0.5) is 0 Å². The number of hydrogen-bond acceptors (Lipinski definition) is 13. The molecule has 0 aromatic rings. The molecule has 68 heavy (non-hydrogen) atoms. The predicted octanol–water partition coefficient (Wildman–Crippen LogP) is 7.63. The Kier molecular flexibility index (Phi) is 22.8. The van der Waals surface area contributed by atoms with E-state index in [0.29, 0.717) is 56.7 Å². The molecule has 0 aromatic heterocycles. The van der Waals surface area contributed by atoms with E-state index in [0.717, 1.165) is 24.8 Å². The van der Waals surface area contributed by atoms with E-state index in [1.165, 1.54) is 12.0 Å². The van der Waals surface area contributed by atoms with Crippen molar-refractivity contribution < 1.29 is 62.4 Å². The number of fused-ring (bicyclic) bond motifs is 3. The number of cyclic esters (lactones) is 1. The van der Waals surface area contributed by atoms with Gasteiger partial charge in [0.2, 0.25) is 5.79 Å². The maximum absolute atomic E-state index is 14.5. The zero-order valence-electron chi connectivity index (χ0n) is 42.8. The van der Waals surface area contributed by atoms with Crippen molar-refractivity contribution in [2.75, 3.05) is 40.7 Å². The van der Waals surface area contributed by atoms with Crippen LogP contribution in [0.15, 0.2) is 47.6 Å². The van der Waals surface area contributed by atoms with Crippen molar-refractivity contribution in [1.82, 2.24) is 4.90 Å². The van der Waals surface area contributed by atoms with E-state index >= 15 is 0 Å². The molecule has 1 saturated carbocycles. The fraction of sp³-hybridized carbons (Fsp3) is 0.755. The number of Topliss-reactive ketones (excluding diaryl/α,β-unsaturated/α-hetero) is 3. The zero-order chi connectivity index (χ0) is 50.5. The lowest BCUT2D eigenvalue weighted by atomic mass is 9.75. The topological polar surface area (TPSA) is 192 Å². The summed E-state index contributed by atoms with van der Waals surface area (Å²) < 4.78 is 42.0. The first-order valence-electron chi connectivity index (χ1n) is 25.1. The normalized spacial score (nSPS) is 39.6. The third kappa shape index (κ3) is 15.4. The Bertz CT molecular complexity index is 1880. The Hall–Kier alpha value is -3.10. The lowest BCUT2D eigenvalue weighted by molar-refractivity contribution is -0.265. The van der Waals surface area contributed by atoms with Crippen LogP contribution in [0, 0.1) is 41.4 Å². The minimum Gasteiger partial charge on any atom is -0.460 e.